The number of aromatic nitrogens is 4. The van der Waals surface area contributed by atoms with Crippen molar-refractivity contribution < 1.29 is 4.74 Å². The van der Waals surface area contributed by atoms with E-state index in [1.54, 1.807) is 17.9 Å². The maximum atomic E-state index is 5.75. The van der Waals surface area contributed by atoms with Crippen LogP contribution in [0, 0.1) is 0 Å². The van der Waals surface area contributed by atoms with Crippen LogP contribution < -0.4 is 11.1 Å². The number of rotatable bonds is 5. The molecule has 0 spiro atoms. The van der Waals surface area contributed by atoms with E-state index in [1.807, 2.05) is 13.2 Å². The quantitative estimate of drug-likeness (QED) is 0.842. The van der Waals surface area contributed by atoms with Crippen molar-refractivity contribution in [2.45, 2.75) is 20.0 Å². The van der Waals surface area contributed by atoms with Gasteiger partial charge in [-0.15, -0.1) is 0 Å². The molecular weight excluding hydrogens is 244 g/mol. The number of anilines is 3. The van der Waals surface area contributed by atoms with Crippen LogP contribution in [0.3, 0.4) is 0 Å². The summed E-state index contributed by atoms with van der Waals surface area (Å²) in [6.45, 7) is 2.38. The van der Waals surface area contributed by atoms with Crippen molar-refractivity contribution in [3.63, 3.8) is 0 Å². The van der Waals surface area contributed by atoms with Gasteiger partial charge in [0.1, 0.15) is 18.2 Å². The van der Waals surface area contributed by atoms with E-state index < -0.39 is 0 Å². The summed E-state index contributed by atoms with van der Waals surface area (Å²) in [5.74, 6) is 1.60. The molecule has 7 nitrogen and oxygen atoms in total. The molecule has 0 fully saturated rings. The summed E-state index contributed by atoms with van der Waals surface area (Å²) in [4.78, 5) is 8.43. The van der Waals surface area contributed by atoms with Crippen molar-refractivity contribution in [3.8, 4) is 0 Å². The summed E-state index contributed by atoms with van der Waals surface area (Å²) >= 11 is 0. The maximum Gasteiger partial charge on any atom is 0.158 e. The lowest BCUT2D eigenvalue weighted by Gasteiger charge is -2.07. The highest BCUT2D eigenvalue weighted by molar-refractivity contribution is 5.60. The Morgan fingerprint density at radius 2 is 2.21 bits per heavy atom. The third kappa shape index (κ3) is 3.19. The summed E-state index contributed by atoms with van der Waals surface area (Å²) in [5, 5.41) is 7.58. The molecule has 0 radical (unpaired) electrons. The molecule has 0 amide bonds. The number of hydrogen-bond donors (Lipinski definition) is 2. The first kappa shape index (κ1) is 13.3. The van der Waals surface area contributed by atoms with Crippen molar-refractivity contribution in [1.82, 2.24) is 19.7 Å². The molecule has 2 heterocycles. The van der Waals surface area contributed by atoms with E-state index in [1.165, 1.54) is 0 Å². The van der Waals surface area contributed by atoms with Crippen LogP contribution in [0.4, 0.5) is 17.3 Å². The molecule has 0 aliphatic rings. The standard InChI is InChI=1S/C12H18N6O/c1-4-8-9(6-18(2)17-8)14-11-5-10(13)15-12(16-11)7-19-3/h5-6H,4,7H2,1-3H3,(H3,13,14,15,16). The van der Waals surface area contributed by atoms with Gasteiger partial charge in [-0.05, 0) is 6.42 Å². The number of hydrogen-bond acceptors (Lipinski definition) is 6. The zero-order chi connectivity index (χ0) is 13.8. The Kier molecular flexibility index (Phi) is 3.96. The molecule has 2 rings (SSSR count). The average Bonchev–Trinajstić information content (AvgIpc) is 2.69. The first-order chi connectivity index (χ1) is 9.12. The number of methoxy groups -OCH3 is 1. The molecule has 0 unspecified atom stereocenters. The summed E-state index contributed by atoms with van der Waals surface area (Å²) in [7, 11) is 3.48. The van der Waals surface area contributed by atoms with Gasteiger partial charge in [-0.2, -0.15) is 5.10 Å². The zero-order valence-corrected chi connectivity index (χ0v) is 11.3. The van der Waals surface area contributed by atoms with E-state index in [0.717, 1.165) is 17.8 Å². The van der Waals surface area contributed by atoms with Crippen molar-refractivity contribution in [2.24, 2.45) is 7.05 Å². The van der Waals surface area contributed by atoms with Gasteiger partial charge >= 0.3 is 0 Å². The van der Waals surface area contributed by atoms with E-state index in [4.69, 9.17) is 10.5 Å². The molecule has 0 bridgehead atoms. The summed E-state index contributed by atoms with van der Waals surface area (Å²) in [6, 6.07) is 1.69. The zero-order valence-electron chi connectivity index (χ0n) is 11.3. The van der Waals surface area contributed by atoms with E-state index in [0.29, 0.717) is 24.1 Å². The first-order valence-electron chi connectivity index (χ1n) is 6.04. The number of nitrogens with one attached hydrogen (secondary N) is 1. The molecule has 0 atom stereocenters. The molecule has 0 aliphatic carbocycles. The lowest BCUT2D eigenvalue weighted by molar-refractivity contribution is 0.178. The summed E-state index contributed by atoms with van der Waals surface area (Å²) < 4.78 is 6.78. The minimum absolute atomic E-state index is 0.327. The summed E-state index contributed by atoms with van der Waals surface area (Å²) in [5.41, 5.74) is 7.65. The molecule has 19 heavy (non-hydrogen) atoms. The highest BCUT2D eigenvalue weighted by atomic mass is 16.5. The topological polar surface area (TPSA) is 90.9 Å². The first-order valence-corrected chi connectivity index (χ1v) is 6.04. The van der Waals surface area contributed by atoms with Crippen LogP contribution in [0.25, 0.3) is 0 Å². The van der Waals surface area contributed by atoms with Crippen LogP contribution in [0.5, 0.6) is 0 Å². The van der Waals surface area contributed by atoms with Gasteiger partial charge < -0.3 is 15.8 Å². The van der Waals surface area contributed by atoms with Gasteiger partial charge in [0.05, 0.1) is 11.4 Å². The third-order valence-electron chi connectivity index (χ3n) is 2.57. The fraction of sp³-hybridized carbons (Fsp3) is 0.417. The highest BCUT2D eigenvalue weighted by Crippen LogP contribution is 2.20. The molecule has 7 heteroatoms. The predicted molar refractivity (Wildman–Crippen MR) is 73.0 cm³/mol. The minimum Gasteiger partial charge on any atom is -0.384 e. The Balaban J connectivity index is 2.26. The number of nitrogen functional groups attached to an aromatic ring is 1. The van der Waals surface area contributed by atoms with Crippen molar-refractivity contribution in [3.05, 3.63) is 23.8 Å². The van der Waals surface area contributed by atoms with Crippen LogP contribution >= 0.6 is 0 Å². The molecule has 0 saturated heterocycles. The van der Waals surface area contributed by atoms with E-state index in [9.17, 15) is 0 Å². The number of nitrogens with zero attached hydrogens (tertiary/aromatic N) is 4. The van der Waals surface area contributed by atoms with E-state index in [-0.39, 0.29) is 0 Å². The van der Waals surface area contributed by atoms with Gasteiger partial charge in [0.25, 0.3) is 0 Å². The van der Waals surface area contributed by atoms with Gasteiger partial charge in [0.2, 0.25) is 0 Å². The smallest absolute Gasteiger partial charge is 0.158 e. The lowest BCUT2D eigenvalue weighted by Crippen LogP contribution is -2.04. The second kappa shape index (κ2) is 5.66. The Morgan fingerprint density at radius 1 is 1.42 bits per heavy atom. The van der Waals surface area contributed by atoms with Crippen LogP contribution in [0.2, 0.25) is 0 Å². The highest BCUT2D eigenvalue weighted by Gasteiger charge is 2.08. The Morgan fingerprint density at radius 3 is 2.89 bits per heavy atom. The molecule has 2 aromatic heterocycles. The van der Waals surface area contributed by atoms with Crippen LogP contribution in [0.15, 0.2) is 12.3 Å². The van der Waals surface area contributed by atoms with Crippen LogP contribution in [0.1, 0.15) is 18.4 Å². The monoisotopic (exact) mass is 262 g/mol. The van der Waals surface area contributed by atoms with Gasteiger partial charge in [-0.1, -0.05) is 6.92 Å². The SMILES string of the molecule is CCc1nn(C)cc1Nc1cc(N)nc(COC)n1. The normalized spacial score (nSPS) is 10.7. The molecule has 102 valence electrons. The fourth-order valence-electron chi connectivity index (χ4n) is 1.81. The molecule has 0 saturated carbocycles. The number of ether oxygens (including phenoxy) is 1. The average molecular weight is 262 g/mol. The Labute approximate surface area is 111 Å². The third-order valence-corrected chi connectivity index (χ3v) is 2.57. The van der Waals surface area contributed by atoms with Gasteiger partial charge in [-0.3, -0.25) is 4.68 Å². The van der Waals surface area contributed by atoms with E-state index in [2.05, 4.69) is 27.3 Å². The largest absolute Gasteiger partial charge is 0.384 e. The van der Waals surface area contributed by atoms with Crippen molar-refractivity contribution >= 4 is 17.3 Å². The van der Waals surface area contributed by atoms with Gasteiger partial charge in [0, 0.05) is 26.4 Å². The predicted octanol–water partition coefficient (Wildman–Crippen LogP) is 1.24. The van der Waals surface area contributed by atoms with E-state index >= 15 is 0 Å². The van der Waals surface area contributed by atoms with Gasteiger partial charge in [0.15, 0.2) is 5.82 Å². The molecule has 2 aromatic rings. The molecule has 0 aliphatic heterocycles. The molecule has 3 N–H and O–H groups in total. The number of aryl methyl sites for hydroxylation is 2. The number of nitrogens with two attached hydrogens (primary N) is 1. The Bertz CT molecular complexity index is 565. The fourth-order valence-corrected chi connectivity index (χ4v) is 1.81. The minimum atomic E-state index is 0.327. The molecule has 0 aromatic carbocycles. The lowest BCUT2D eigenvalue weighted by atomic mass is 10.3. The van der Waals surface area contributed by atoms with Crippen LogP contribution in [-0.4, -0.2) is 26.9 Å². The molecular formula is C12H18N6O. The van der Waals surface area contributed by atoms with Crippen molar-refractivity contribution in [1.29, 1.82) is 0 Å². The summed E-state index contributed by atoms with van der Waals surface area (Å²) in [6.07, 6.45) is 2.75. The Hall–Kier alpha value is -2.15. The van der Waals surface area contributed by atoms with Crippen LogP contribution in [-0.2, 0) is 24.8 Å². The second-order valence-electron chi connectivity index (χ2n) is 4.17. The van der Waals surface area contributed by atoms with Gasteiger partial charge in [-0.25, -0.2) is 9.97 Å². The maximum absolute atomic E-state index is 5.75. The second-order valence-corrected chi connectivity index (χ2v) is 4.17. The van der Waals surface area contributed by atoms with Crippen molar-refractivity contribution in [2.75, 3.05) is 18.2 Å².